The fourth-order valence-electron chi connectivity index (χ4n) is 1.81. The quantitative estimate of drug-likeness (QED) is 0.606. The van der Waals surface area contributed by atoms with Crippen LogP contribution in [0.4, 0.5) is 0 Å². The Morgan fingerprint density at radius 1 is 1.08 bits per heavy atom. The first-order chi connectivity index (χ1) is 12.5. The first-order valence-electron chi connectivity index (χ1n) is 7.33. The zero-order valence-electron chi connectivity index (χ0n) is 13.3. The number of amides is 2. The molecule has 0 radical (unpaired) electrons. The van der Waals surface area contributed by atoms with E-state index in [1.165, 1.54) is 12.2 Å². The Hall–Kier alpha value is -3.01. The number of nitrogens with zero attached hydrogens (tertiary/aromatic N) is 1. The topological polar surface area (TPSA) is 91.2 Å². The minimum Gasteiger partial charge on any atom is -0.484 e. The second kappa shape index (κ2) is 9.47. The van der Waals surface area contributed by atoms with Gasteiger partial charge in [0.25, 0.3) is 11.8 Å². The molecule has 0 atom stereocenters. The van der Waals surface area contributed by atoms with Gasteiger partial charge >= 0.3 is 0 Å². The van der Waals surface area contributed by atoms with Gasteiger partial charge in [-0.1, -0.05) is 29.3 Å². The summed E-state index contributed by atoms with van der Waals surface area (Å²) in [5, 5.41) is 9.51. The summed E-state index contributed by atoms with van der Waals surface area (Å²) >= 11 is 12.0. The van der Waals surface area contributed by atoms with Crippen molar-refractivity contribution < 1.29 is 14.3 Å². The number of ether oxygens (including phenoxy) is 1. The largest absolute Gasteiger partial charge is 0.484 e. The summed E-state index contributed by atoms with van der Waals surface area (Å²) in [4.78, 5) is 23.4. The molecule has 0 aliphatic carbocycles. The zero-order valence-corrected chi connectivity index (χ0v) is 14.8. The van der Waals surface area contributed by atoms with E-state index in [1.54, 1.807) is 42.5 Å². The minimum absolute atomic E-state index is 0.299. The average molecular weight is 390 g/mol. The van der Waals surface area contributed by atoms with Crippen LogP contribution in [-0.2, 0) is 9.59 Å². The Labute approximate surface area is 159 Å². The Bertz CT molecular complexity index is 854. The molecule has 0 bridgehead atoms. The van der Waals surface area contributed by atoms with Crippen molar-refractivity contribution in [1.82, 2.24) is 10.9 Å². The number of benzene rings is 2. The molecule has 6 nitrogen and oxygen atoms in total. The molecule has 0 unspecified atom stereocenters. The predicted molar refractivity (Wildman–Crippen MR) is 98.4 cm³/mol. The third-order valence-electron chi connectivity index (χ3n) is 3.08. The number of hydrogen-bond acceptors (Lipinski definition) is 4. The molecule has 2 N–H and O–H groups in total. The lowest BCUT2D eigenvalue weighted by Crippen LogP contribution is -2.43. The smallest absolute Gasteiger partial charge is 0.276 e. The van der Waals surface area contributed by atoms with Gasteiger partial charge in [-0.05, 0) is 42.5 Å². The predicted octanol–water partition coefficient (Wildman–Crippen LogP) is 3.10. The van der Waals surface area contributed by atoms with E-state index in [0.717, 1.165) is 0 Å². The number of hydrazine groups is 1. The first-order valence-corrected chi connectivity index (χ1v) is 8.09. The van der Waals surface area contributed by atoms with Gasteiger partial charge in [0, 0.05) is 21.7 Å². The summed E-state index contributed by atoms with van der Waals surface area (Å²) in [6.07, 6.45) is 2.63. The Morgan fingerprint density at radius 2 is 1.73 bits per heavy atom. The molecule has 0 aliphatic heterocycles. The highest BCUT2D eigenvalue weighted by Gasteiger charge is 2.05. The average Bonchev–Trinajstić information content (AvgIpc) is 2.64. The summed E-state index contributed by atoms with van der Waals surface area (Å²) in [7, 11) is 0. The van der Waals surface area contributed by atoms with E-state index < -0.39 is 11.8 Å². The highest BCUT2D eigenvalue weighted by Crippen LogP contribution is 2.25. The number of rotatable bonds is 5. The van der Waals surface area contributed by atoms with Crippen molar-refractivity contribution in [2.24, 2.45) is 0 Å². The highest BCUT2D eigenvalue weighted by molar-refractivity contribution is 6.37. The molecule has 26 heavy (non-hydrogen) atoms. The van der Waals surface area contributed by atoms with Gasteiger partial charge in [0.15, 0.2) is 6.61 Å². The molecule has 8 heteroatoms. The van der Waals surface area contributed by atoms with Gasteiger partial charge in [0.1, 0.15) is 5.75 Å². The van der Waals surface area contributed by atoms with Gasteiger partial charge in [-0.3, -0.25) is 20.4 Å². The maximum Gasteiger partial charge on any atom is 0.276 e. The molecule has 0 aromatic heterocycles. The summed E-state index contributed by atoms with van der Waals surface area (Å²) in [5.74, 6) is -0.682. The Balaban J connectivity index is 1.78. The van der Waals surface area contributed by atoms with Gasteiger partial charge in [0.2, 0.25) is 0 Å². The van der Waals surface area contributed by atoms with E-state index in [-0.39, 0.29) is 6.61 Å². The molecular weight excluding hydrogens is 377 g/mol. The number of carbonyl (C=O) groups excluding carboxylic acids is 2. The molecule has 2 rings (SSSR count). The number of nitriles is 1. The maximum absolute atomic E-state index is 11.7. The standard InChI is InChI=1S/C18H13Cl2N3O3/c19-15-2-1-3-16(20)14(15)8-9-17(24)22-23-18(25)11-26-13-6-4-12(10-21)5-7-13/h1-9H,11H2,(H,22,24)(H,23,25)/b9-8+. The van der Waals surface area contributed by atoms with E-state index >= 15 is 0 Å². The second-order valence-corrected chi connectivity index (χ2v) is 5.75. The first kappa shape index (κ1) is 19.3. The van der Waals surface area contributed by atoms with Crippen LogP contribution in [0.5, 0.6) is 5.75 Å². The molecule has 0 fully saturated rings. The maximum atomic E-state index is 11.7. The van der Waals surface area contributed by atoms with Crippen LogP contribution in [0.3, 0.4) is 0 Å². The molecule has 0 aliphatic rings. The molecular formula is C18H13Cl2N3O3. The van der Waals surface area contributed by atoms with Crippen molar-refractivity contribution in [3.05, 3.63) is 69.7 Å². The molecule has 132 valence electrons. The van der Waals surface area contributed by atoms with Gasteiger partial charge in [-0.25, -0.2) is 0 Å². The van der Waals surface area contributed by atoms with Crippen molar-refractivity contribution in [3.63, 3.8) is 0 Å². The minimum atomic E-state index is -0.562. The van der Waals surface area contributed by atoms with Crippen LogP contribution in [0, 0.1) is 11.3 Å². The lowest BCUT2D eigenvalue weighted by atomic mass is 10.2. The number of nitrogens with one attached hydrogen (secondary N) is 2. The third kappa shape index (κ3) is 5.81. The SMILES string of the molecule is N#Cc1ccc(OCC(=O)NNC(=O)/C=C/c2c(Cl)cccc2Cl)cc1. The van der Waals surface area contributed by atoms with E-state index in [4.69, 9.17) is 33.2 Å². The van der Waals surface area contributed by atoms with Crippen molar-refractivity contribution in [2.75, 3.05) is 6.61 Å². The molecule has 2 aromatic carbocycles. The molecule has 0 spiro atoms. The lowest BCUT2D eigenvalue weighted by molar-refractivity contribution is -0.128. The van der Waals surface area contributed by atoms with Crippen LogP contribution >= 0.6 is 23.2 Å². The van der Waals surface area contributed by atoms with Crippen LogP contribution < -0.4 is 15.6 Å². The second-order valence-electron chi connectivity index (χ2n) is 4.93. The van der Waals surface area contributed by atoms with Crippen molar-refractivity contribution in [2.45, 2.75) is 0 Å². The van der Waals surface area contributed by atoms with Crippen LogP contribution in [0.1, 0.15) is 11.1 Å². The normalized spacial score (nSPS) is 10.2. The monoisotopic (exact) mass is 389 g/mol. The molecule has 0 saturated heterocycles. The van der Waals surface area contributed by atoms with Gasteiger partial charge in [0.05, 0.1) is 11.6 Å². The fourth-order valence-corrected chi connectivity index (χ4v) is 2.34. The molecule has 0 heterocycles. The lowest BCUT2D eigenvalue weighted by Gasteiger charge is -2.07. The van der Waals surface area contributed by atoms with Crippen LogP contribution in [0.15, 0.2) is 48.5 Å². The van der Waals surface area contributed by atoms with Crippen LogP contribution in [-0.4, -0.2) is 18.4 Å². The van der Waals surface area contributed by atoms with Crippen LogP contribution in [0.2, 0.25) is 10.0 Å². The summed E-state index contributed by atoms with van der Waals surface area (Å²) < 4.78 is 5.23. The van der Waals surface area contributed by atoms with Crippen molar-refractivity contribution in [3.8, 4) is 11.8 Å². The Morgan fingerprint density at radius 3 is 2.35 bits per heavy atom. The van der Waals surface area contributed by atoms with Gasteiger partial charge < -0.3 is 4.74 Å². The van der Waals surface area contributed by atoms with E-state index in [0.29, 0.717) is 26.9 Å². The highest BCUT2D eigenvalue weighted by atomic mass is 35.5. The Kier molecular flexibility index (Phi) is 7.03. The number of carbonyl (C=O) groups is 2. The fraction of sp³-hybridized carbons (Fsp3) is 0.0556. The van der Waals surface area contributed by atoms with Crippen molar-refractivity contribution >= 4 is 41.1 Å². The summed E-state index contributed by atoms with van der Waals surface area (Å²) in [5.41, 5.74) is 5.41. The van der Waals surface area contributed by atoms with E-state index in [1.807, 2.05) is 6.07 Å². The summed E-state index contributed by atoms with van der Waals surface area (Å²) in [6, 6.07) is 13.2. The summed E-state index contributed by atoms with van der Waals surface area (Å²) in [6.45, 7) is -0.299. The molecule has 0 saturated carbocycles. The van der Waals surface area contributed by atoms with E-state index in [9.17, 15) is 9.59 Å². The molecule has 2 amide bonds. The van der Waals surface area contributed by atoms with Gasteiger partial charge in [-0.2, -0.15) is 5.26 Å². The molecule has 2 aromatic rings. The third-order valence-corrected chi connectivity index (χ3v) is 3.74. The van der Waals surface area contributed by atoms with Gasteiger partial charge in [-0.15, -0.1) is 0 Å². The number of halogens is 2. The van der Waals surface area contributed by atoms with Crippen LogP contribution in [0.25, 0.3) is 6.08 Å². The zero-order chi connectivity index (χ0) is 18.9. The van der Waals surface area contributed by atoms with Crippen molar-refractivity contribution in [1.29, 1.82) is 5.26 Å². The number of hydrogen-bond donors (Lipinski definition) is 2. The van der Waals surface area contributed by atoms with E-state index in [2.05, 4.69) is 10.9 Å².